The van der Waals surface area contributed by atoms with Gasteiger partial charge < -0.3 is 9.84 Å². The van der Waals surface area contributed by atoms with Crippen LogP contribution in [0.25, 0.3) is 0 Å². The van der Waals surface area contributed by atoms with Crippen LogP contribution in [-0.4, -0.2) is 23.9 Å². The standard InChI is InChI=1S/C13H18ClFO2/c1-3-13(17-4-2)12(16)7-9-5-6-10(15)8-11(9)14/h5-6,8,12-13,16H,3-4,7H2,1-2H3. The van der Waals surface area contributed by atoms with E-state index in [9.17, 15) is 9.50 Å². The Morgan fingerprint density at radius 1 is 1.41 bits per heavy atom. The number of aliphatic hydroxyl groups is 1. The number of benzene rings is 1. The number of ether oxygens (including phenoxy) is 1. The molecule has 0 radical (unpaired) electrons. The second-order valence-electron chi connectivity index (χ2n) is 3.91. The first-order chi connectivity index (χ1) is 8.08. The molecule has 0 fully saturated rings. The van der Waals surface area contributed by atoms with Crippen molar-refractivity contribution in [3.8, 4) is 0 Å². The van der Waals surface area contributed by atoms with Crippen LogP contribution in [-0.2, 0) is 11.2 Å². The minimum atomic E-state index is -0.622. The van der Waals surface area contributed by atoms with E-state index in [1.165, 1.54) is 12.1 Å². The van der Waals surface area contributed by atoms with Crippen molar-refractivity contribution in [3.63, 3.8) is 0 Å². The molecule has 1 rings (SSSR count). The molecular weight excluding hydrogens is 243 g/mol. The first-order valence-corrected chi connectivity index (χ1v) is 6.19. The molecule has 1 aromatic carbocycles. The maximum Gasteiger partial charge on any atom is 0.124 e. The highest BCUT2D eigenvalue weighted by Crippen LogP contribution is 2.20. The summed E-state index contributed by atoms with van der Waals surface area (Å²) >= 11 is 5.91. The van der Waals surface area contributed by atoms with Crippen molar-refractivity contribution in [2.45, 2.75) is 38.9 Å². The minimum Gasteiger partial charge on any atom is -0.390 e. The molecule has 0 saturated heterocycles. The number of hydrogen-bond donors (Lipinski definition) is 1. The molecule has 96 valence electrons. The van der Waals surface area contributed by atoms with Crippen molar-refractivity contribution >= 4 is 11.6 Å². The van der Waals surface area contributed by atoms with Gasteiger partial charge >= 0.3 is 0 Å². The van der Waals surface area contributed by atoms with Gasteiger partial charge in [0.05, 0.1) is 12.2 Å². The highest BCUT2D eigenvalue weighted by Gasteiger charge is 2.19. The first-order valence-electron chi connectivity index (χ1n) is 5.82. The predicted molar refractivity (Wildman–Crippen MR) is 66.8 cm³/mol. The van der Waals surface area contributed by atoms with Gasteiger partial charge in [-0.05, 0) is 31.0 Å². The van der Waals surface area contributed by atoms with Crippen molar-refractivity contribution in [2.75, 3.05) is 6.61 Å². The number of hydrogen-bond acceptors (Lipinski definition) is 2. The average molecular weight is 261 g/mol. The first kappa shape index (κ1) is 14.4. The molecule has 0 heterocycles. The van der Waals surface area contributed by atoms with Gasteiger partial charge in [-0.3, -0.25) is 0 Å². The third kappa shape index (κ3) is 4.26. The Labute approximate surface area is 106 Å². The topological polar surface area (TPSA) is 29.5 Å². The molecule has 0 bridgehead atoms. The zero-order valence-electron chi connectivity index (χ0n) is 10.1. The molecule has 0 aliphatic rings. The van der Waals surface area contributed by atoms with Gasteiger partial charge in [-0.1, -0.05) is 24.6 Å². The Bertz CT molecular complexity index is 357. The summed E-state index contributed by atoms with van der Waals surface area (Å²) in [4.78, 5) is 0. The van der Waals surface area contributed by atoms with Crippen LogP contribution in [0.5, 0.6) is 0 Å². The van der Waals surface area contributed by atoms with Crippen LogP contribution in [0.15, 0.2) is 18.2 Å². The molecule has 1 N–H and O–H groups in total. The Hall–Kier alpha value is -0.640. The second-order valence-corrected chi connectivity index (χ2v) is 4.32. The Kier molecular flexibility index (Phi) is 5.89. The molecule has 0 aliphatic carbocycles. The fourth-order valence-corrected chi connectivity index (χ4v) is 2.00. The van der Waals surface area contributed by atoms with E-state index >= 15 is 0 Å². The van der Waals surface area contributed by atoms with Gasteiger partial charge in [0.1, 0.15) is 5.82 Å². The van der Waals surface area contributed by atoms with E-state index in [0.717, 1.165) is 12.0 Å². The van der Waals surface area contributed by atoms with Gasteiger partial charge in [0.25, 0.3) is 0 Å². The highest BCUT2D eigenvalue weighted by molar-refractivity contribution is 6.31. The van der Waals surface area contributed by atoms with Gasteiger partial charge in [-0.15, -0.1) is 0 Å². The molecule has 0 aliphatic heterocycles. The molecule has 0 spiro atoms. The number of rotatable bonds is 6. The van der Waals surface area contributed by atoms with Crippen molar-refractivity contribution < 1.29 is 14.2 Å². The molecule has 4 heteroatoms. The van der Waals surface area contributed by atoms with E-state index in [-0.39, 0.29) is 11.9 Å². The quantitative estimate of drug-likeness (QED) is 0.851. The summed E-state index contributed by atoms with van der Waals surface area (Å²) in [6.45, 7) is 4.41. The van der Waals surface area contributed by atoms with E-state index in [2.05, 4.69) is 0 Å². The summed E-state index contributed by atoms with van der Waals surface area (Å²) in [5.74, 6) is -0.370. The average Bonchev–Trinajstić information content (AvgIpc) is 2.29. The van der Waals surface area contributed by atoms with Gasteiger partial charge in [0.15, 0.2) is 0 Å². The van der Waals surface area contributed by atoms with Gasteiger partial charge in [-0.25, -0.2) is 4.39 Å². The molecule has 1 aromatic rings. The minimum absolute atomic E-state index is 0.207. The van der Waals surface area contributed by atoms with E-state index in [4.69, 9.17) is 16.3 Å². The van der Waals surface area contributed by atoms with E-state index in [1.807, 2.05) is 13.8 Å². The highest BCUT2D eigenvalue weighted by atomic mass is 35.5. The van der Waals surface area contributed by atoms with Crippen molar-refractivity contribution in [3.05, 3.63) is 34.6 Å². The molecule has 0 aromatic heterocycles. The molecule has 0 saturated carbocycles. The third-order valence-electron chi connectivity index (χ3n) is 2.66. The Balaban J connectivity index is 2.69. The van der Waals surface area contributed by atoms with E-state index < -0.39 is 6.10 Å². The SMILES string of the molecule is CCOC(CC)C(O)Cc1ccc(F)cc1Cl. The fourth-order valence-electron chi connectivity index (χ4n) is 1.76. The van der Waals surface area contributed by atoms with Crippen LogP contribution in [0.4, 0.5) is 4.39 Å². The smallest absolute Gasteiger partial charge is 0.124 e. The summed E-state index contributed by atoms with van der Waals surface area (Å²) in [5, 5.41) is 10.4. The van der Waals surface area contributed by atoms with Crippen LogP contribution in [0.1, 0.15) is 25.8 Å². The van der Waals surface area contributed by atoms with E-state index in [0.29, 0.717) is 18.1 Å². The van der Waals surface area contributed by atoms with Crippen LogP contribution >= 0.6 is 11.6 Å². The van der Waals surface area contributed by atoms with Crippen molar-refractivity contribution in [1.82, 2.24) is 0 Å². The third-order valence-corrected chi connectivity index (χ3v) is 3.01. The van der Waals surface area contributed by atoms with Crippen LogP contribution in [0, 0.1) is 5.82 Å². The lowest BCUT2D eigenvalue weighted by Gasteiger charge is -2.21. The van der Waals surface area contributed by atoms with Crippen LogP contribution in [0.2, 0.25) is 5.02 Å². The number of aliphatic hydroxyl groups excluding tert-OH is 1. The summed E-state index contributed by atoms with van der Waals surface area (Å²) in [6.07, 6.45) is 0.273. The van der Waals surface area contributed by atoms with E-state index in [1.54, 1.807) is 6.07 Å². The van der Waals surface area contributed by atoms with Crippen LogP contribution in [0.3, 0.4) is 0 Å². The normalized spacial score (nSPS) is 14.6. The zero-order valence-corrected chi connectivity index (χ0v) is 10.9. The lowest BCUT2D eigenvalue weighted by Crippen LogP contribution is -2.30. The molecule has 17 heavy (non-hydrogen) atoms. The maximum atomic E-state index is 12.9. The fraction of sp³-hybridized carbons (Fsp3) is 0.538. The molecule has 2 nitrogen and oxygen atoms in total. The summed E-state index contributed by atoms with van der Waals surface area (Å²) in [5.41, 5.74) is 0.735. The second kappa shape index (κ2) is 6.94. The lowest BCUT2D eigenvalue weighted by atomic mass is 10.0. The molecular formula is C13H18ClFO2. The lowest BCUT2D eigenvalue weighted by molar-refractivity contribution is -0.0334. The van der Waals surface area contributed by atoms with Crippen LogP contribution < -0.4 is 0 Å². The largest absolute Gasteiger partial charge is 0.390 e. The summed E-state index contributed by atoms with van der Waals surface area (Å²) in [7, 11) is 0. The molecule has 2 atom stereocenters. The van der Waals surface area contributed by atoms with Gasteiger partial charge in [-0.2, -0.15) is 0 Å². The van der Waals surface area contributed by atoms with Gasteiger partial charge in [0.2, 0.25) is 0 Å². The monoisotopic (exact) mass is 260 g/mol. The molecule has 2 unspecified atom stereocenters. The van der Waals surface area contributed by atoms with Gasteiger partial charge in [0, 0.05) is 18.1 Å². The summed E-state index contributed by atoms with van der Waals surface area (Å²) in [6, 6.07) is 4.19. The number of halogens is 2. The maximum absolute atomic E-state index is 12.9. The molecule has 0 amide bonds. The van der Waals surface area contributed by atoms with Crippen molar-refractivity contribution in [1.29, 1.82) is 0 Å². The Morgan fingerprint density at radius 3 is 2.65 bits per heavy atom. The van der Waals surface area contributed by atoms with Crippen molar-refractivity contribution in [2.24, 2.45) is 0 Å². The Morgan fingerprint density at radius 2 is 2.12 bits per heavy atom. The summed E-state index contributed by atoms with van der Waals surface area (Å²) < 4.78 is 18.3. The zero-order chi connectivity index (χ0) is 12.8. The predicted octanol–water partition coefficient (Wildman–Crippen LogP) is 3.20.